The molecule has 28 heavy (non-hydrogen) atoms. The molecule has 2 N–H and O–H groups in total. The average Bonchev–Trinajstić information content (AvgIpc) is 2.74. The normalized spacial score (nSPS) is 29.8. The first-order chi connectivity index (χ1) is 13.7. The summed E-state index contributed by atoms with van der Waals surface area (Å²) >= 11 is 0. The zero-order valence-corrected chi connectivity index (χ0v) is 16.3. The third-order valence-corrected chi connectivity index (χ3v) is 6.36. The minimum Gasteiger partial charge on any atom is -0.379 e. The first-order valence-corrected chi connectivity index (χ1v) is 10.3. The molecule has 0 saturated carbocycles. The fourth-order valence-electron chi connectivity index (χ4n) is 4.84. The lowest BCUT2D eigenvalue weighted by molar-refractivity contribution is -0.0289. The topological polar surface area (TPSA) is 80.6 Å². The zero-order chi connectivity index (χ0) is 19.3. The van der Waals surface area contributed by atoms with Crippen molar-refractivity contribution >= 4 is 11.7 Å². The Hall–Kier alpha value is -2.14. The highest BCUT2D eigenvalue weighted by Crippen LogP contribution is 2.36. The van der Waals surface area contributed by atoms with Crippen molar-refractivity contribution in [2.24, 2.45) is 11.8 Å². The predicted octanol–water partition coefficient (Wildman–Crippen LogP) is 1.72. The second kappa shape index (κ2) is 8.91. The first kappa shape index (κ1) is 19.2. The lowest BCUT2D eigenvalue weighted by Crippen LogP contribution is -2.59. The van der Waals surface area contributed by atoms with Crippen LogP contribution in [0.2, 0.25) is 0 Å². The number of ether oxygens (including phenoxy) is 1. The molecule has 4 aliphatic heterocycles. The van der Waals surface area contributed by atoms with E-state index in [0.29, 0.717) is 23.8 Å². The Kier molecular flexibility index (Phi) is 6.10. The minimum atomic E-state index is -0.206. The van der Waals surface area contributed by atoms with Gasteiger partial charge in [-0.25, -0.2) is 4.79 Å². The molecule has 4 aliphatic rings. The molecule has 7 heteroatoms. The number of nitrogens with one attached hydrogen (secondary N) is 2. The highest BCUT2D eigenvalue weighted by Gasteiger charge is 2.40. The Bertz CT molecular complexity index is 728. The third kappa shape index (κ3) is 4.64. The molecule has 2 amide bonds. The maximum atomic E-state index is 12.2. The summed E-state index contributed by atoms with van der Waals surface area (Å²) in [5, 5.41) is 14.8. The van der Waals surface area contributed by atoms with Gasteiger partial charge in [-0.1, -0.05) is 6.07 Å². The van der Waals surface area contributed by atoms with E-state index < -0.39 is 0 Å². The van der Waals surface area contributed by atoms with Crippen molar-refractivity contribution < 1.29 is 9.53 Å². The smallest absolute Gasteiger partial charge is 0.319 e. The van der Waals surface area contributed by atoms with E-state index in [1.807, 2.05) is 0 Å². The van der Waals surface area contributed by atoms with E-state index in [2.05, 4.69) is 26.5 Å². The van der Waals surface area contributed by atoms with Crippen LogP contribution in [0.5, 0.6) is 0 Å². The minimum absolute atomic E-state index is 0.206. The molecule has 2 bridgehead atoms. The summed E-state index contributed by atoms with van der Waals surface area (Å²) in [6.45, 7) is 7.97. The number of morpholine rings is 1. The van der Waals surface area contributed by atoms with Gasteiger partial charge in [-0.3, -0.25) is 9.80 Å². The van der Waals surface area contributed by atoms with Gasteiger partial charge in [0.1, 0.15) is 0 Å². The van der Waals surface area contributed by atoms with Crippen LogP contribution in [0.4, 0.5) is 10.5 Å². The molecule has 5 rings (SSSR count). The lowest BCUT2D eigenvalue weighted by Gasteiger charge is -2.51. The van der Waals surface area contributed by atoms with E-state index in [1.54, 1.807) is 24.3 Å². The van der Waals surface area contributed by atoms with Crippen molar-refractivity contribution in [2.75, 3.05) is 57.8 Å². The van der Waals surface area contributed by atoms with E-state index in [1.165, 1.54) is 19.4 Å². The fourth-order valence-corrected chi connectivity index (χ4v) is 4.84. The summed E-state index contributed by atoms with van der Waals surface area (Å²) in [5.41, 5.74) is 1.19. The standard InChI is InChI=1S/C21H29N5O2/c22-12-16-2-1-3-19(10-16)24-21(27)23-13-20-11-17-4-5-26(20)15-18(17)14-25-6-8-28-9-7-25/h1-3,10,17-18,20H,4-9,11,13-15H2,(H2,23,24,27). The van der Waals surface area contributed by atoms with Gasteiger partial charge >= 0.3 is 6.03 Å². The van der Waals surface area contributed by atoms with Crippen LogP contribution in [0.1, 0.15) is 18.4 Å². The average molecular weight is 383 g/mol. The molecule has 7 nitrogen and oxygen atoms in total. The van der Waals surface area contributed by atoms with Crippen LogP contribution in [0.3, 0.4) is 0 Å². The molecule has 0 radical (unpaired) electrons. The molecule has 150 valence electrons. The van der Waals surface area contributed by atoms with E-state index in [4.69, 9.17) is 10.00 Å². The molecule has 0 spiro atoms. The number of urea groups is 1. The molecular weight excluding hydrogens is 354 g/mol. The lowest BCUT2D eigenvalue weighted by atomic mass is 9.75. The second-order valence-corrected chi connectivity index (χ2v) is 8.13. The molecule has 4 atom stereocenters. The summed E-state index contributed by atoms with van der Waals surface area (Å²) < 4.78 is 5.46. The molecule has 0 aliphatic carbocycles. The summed E-state index contributed by atoms with van der Waals surface area (Å²) in [5.74, 6) is 1.50. The SMILES string of the molecule is N#Cc1cccc(NC(=O)NCC2CC3CCN2CC3CN2CCOCC2)c1. The van der Waals surface area contributed by atoms with Gasteiger partial charge in [0.15, 0.2) is 0 Å². The van der Waals surface area contributed by atoms with Crippen LogP contribution in [0, 0.1) is 23.2 Å². The Morgan fingerprint density at radius 1 is 1.29 bits per heavy atom. The Morgan fingerprint density at radius 2 is 2.14 bits per heavy atom. The van der Waals surface area contributed by atoms with E-state index in [9.17, 15) is 4.79 Å². The largest absolute Gasteiger partial charge is 0.379 e. The van der Waals surface area contributed by atoms with Crippen molar-refractivity contribution in [1.29, 1.82) is 5.26 Å². The van der Waals surface area contributed by atoms with Gasteiger partial charge in [0.2, 0.25) is 0 Å². The number of hydrogen-bond acceptors (Lipinski definition) is 5. The molecule has 4 unspecified atom stereocenters. The van der Waals surface area contributed by atoms with Crippen molar-refractivity contribution in [3.63, 3.8) is 0 Å². The number of hydrogen-bond donors (Lipinski definition) is 2. The van der Waals surface area contributed by atoms with Crippen LogP contribution in [0.25, 0.3) is 0 Å². The summed E-state index contributed by atoms with van der Waals surface area (Å²) in [6.07, 6.45) is 2.44. The molecule has 4 heterocycles. The maximum absolute atomic E-state index is 12.2. The van der Waals surface area contributed by atoms with Crippen molar-refractivity contribution in [1.82, 2.24) is 15.1 Å². The number of benzene rings is 1. The molecular formula is C21H29N5O2. The van der Waals surface area contributed by atoms with E-state index >= 15 is 0 Å². The Balaban J connectivity index is 1.24. The number of carbonyl (C=O) groups excluding carboxylic acids is 1. The van der Waals surface area contributed by atoms with E-state index in [0.717, 1.165) is 51.2 Å². The van der Waals surface area contributed by atoms with Crippen molar-refractivity contribution in [3.8, 4) is 6.07 Å². The van der Waals surface area contributed by atoms with Crippen LogP contribution in [0.15, 0.2) is 24.3 Å². The summed E-state index contributed by atoms with van der Waals surface area (Å²) in [6, 6.07) is 9.28. The number of piperidine rings is 3. The number of amides is 2. The first-order valence-electron chi connectivity index (χ1n) is 10.3. The van der Waals surface area contributed by atoms with Gasteiger partial charge in [0.05, 0.1) is 24.8 Å². The van der Waals surface area contributed by atoms with Gasteiger partial charge in [-0.15, -0.1) is 0 Å². The quantitative estimate of drug-likeness (QED) is 0.809. The van der Waals surface area contributed by atoms with Crippen LogP contribution >= 0.6 is 0 Å². The molecule has 4 fully saturated rings. The molecule has 0 aromatic heterocycles. The molecule has 1 aromatic carbocycles. The Labute approximate surface area is 166 Å². The number of fused-ring (bicyclic) bond motifs is 3. The Morgan fingerprint density at radius 3 is 2.89 bits per heavy atom. The summed E-state index contributed by atoms with van der Waals surface area (Å²) in [7, 11) is 0. The number of carbonyl (C=O) groups is 1. The van der Waals surface area contributed by atoms with Crippen molar-refractivity contribution in [3.05, 3.63) is 29.8 Å². The van der Waals surface area contributed by atoms with Gasteiger partial charge in [-0.2, -0.15) is 5.26 Å². The number of nitriles is 1. The summed E-state index contributed by atoms with van der Waals surface area (Å²) in [4.78, 5) is 17.4. The second-order valence-electron chi connectivity index (χ2n) is 8.13. The highest BCUT2D eigenvalue weighted by atomic mass is 16.5. The van der Waals surface area contributed by atoms with Gasteiger partial charge in [0.25, 0.3) is 0 Å². The van der Waals surface area contributed by atoms with Gasteiger partial charge in [-0.05, 0) is 49.4 Å². The molecule has 4 saturated heterocycles. The van der Waals surface area contributed by atoms with Crippen molar-refractivity contribution in [2.45, 2.75) is 18.9 Å². The van der Waals surface area contributed by atoms with Gasteiger partial charge < -0.3 is 15.4 Å². The van der Waals surface area contributed by atoms with Gasteiger partial charge in [0, 0.05) is 44.5 Å². The highest BCUT2D eigenvalue weighted by molar-refractivity contribution is 5.89. The monoisotopic (exact) mass is 383 g/mol. The number of rotatable bonds is 5. The van der Waals surface area contributed by atoms with Crippen LogP contribution < -0.4 is 10.6 Å². The zero-order valence-electron chi connectivity index (χ0n) is 16.3. The maximum Gasteiger partial charge on any atom is 0.319 e. The third-order valence-electron chi connectivity index (χ3n) is 6.36. The fraction of sp³-hybridized carbons (Fsp3) is 0.619. The van der Waals surface area contributed by atoms with E-state index in [-0.39, 0.29) is 6.03 Å². The molecule has 1 aromatic rings. The number of nitrogens with zero attached hydrogens (tertiary/aromatic N) is 3. The number of anilines is 1. The predicted molar refractivity (Wildman–Crippen MR) is 107 cm³/mol. The van der Waals surface area contributed by atoms with Crippen LogP contribution in [-0.4, -0.2) is 74.4 Å². The van der Waals surface area contributed by atoms with Crippen LogP contribution in [-0.2, 0) is 4.74 Å².